The van der Waals surface area contributed by atoms with Crippen LogP contribution in [0.1, 0.15) is 31.2 Å². The molecule has 3 fully saturated rings. The Labute approximate surface area is 126 Å². The standard InChI is InChI=1S/C17H24N2O2/c1-2-14(1)12-21-17-15-3-4-16(17)20-10-9-19(15)11-13-5-7-18-8-6-13/h5-8,14-17H,1-4,9-12H2/t15-,16-,17-/m0/s1. The lowest BCUT2D eigenvalue weighted by Gasteiger charge is -2.31. The fourth-order valence-corrected chi connectivity index (χ4v) is 3.64. The molecular weight excluding hydrogens is 264 g/mol. The van der Waals surface area contributed by atoms with E-state index < -0.39 is 0 Å². The molecule has 1 aliphatic heterocycles. The summed E-state index contributed by atoms with van der Waals surface area (Å²) in [7, 11) is 0. The number of nitrogens with zero attached hydrogens (tertiary/aromatic N) is 2. The van der Waals surface area contributed by atoms with E-state index in [9.17, 15) is 0 Å². The maximum absolute atomic E-state index is 6.26. The summed E-state index contributed by atoms with van der Waals surface area (Å²) >= 11 is 0. The van der Waals surface area contributed by atoms with E-state index >= 15 is 0 Å². The first-order valence-electron chi connectivity index (χ1n) is 8.26. The monoisotopic (exact) mass is 288 g/mol. The summed E-state index contributed by atoms with van der Waals surface area (Å²) in [5.74, 6) is 0.821. The van der Waals surface area contributed by atoms with Crippen LogP contribution in [0.15, 0.2) is 24.5 Å². The summed E-state index contributed by atoms with van der Waals surface area (Å²) in [5, 5.41) is 0. The third-order valence-corrected chi connectivity index (χ3v) is 5.03. The minimum Gasteiger partial charge on any atom is -0.374 e. The average molecular weight is 288 g/mol. The molecule has 21 heavy (non-hydrogen) atoms. The summed E-state index contributed by atoms with van der Waals surface area (Å²) in [4.78, 5) is 6.66. The Bertz CT molecular complexity index is 463. The fraction of sp³-hybridized carbons (Fsp3) is 0.706. The Hall–Kier alpha value is -0.970. The van der Waals surface area contributed by atoms with E-state index in [4.69, 9.17) is 9.47 Å². The summed E-state index contributed by atoms with van der Waals surface area (Å²) in [5.41, 5.74) is 1.33. The number of pyridine rings is 1. The molecule has 1 saturated heterocycles. The lowest BCUT2D eigenvalue weighted by molar-refractivity contribution is -0.0572. The van der Waals surface area contributed by atoms with Crippen LogP contribution in [0.25, 0.3) is 0 Å². The van der Waals surface area contributed by atoms with Gasteiger partial charge in [0.2, 0.25) is 0 Å². The van der Waals surface area contributed by atoms with Crippen LogP contribution in [-0.2, 0) is 16.0 Å². The first-order valence-corrected chi connectivity index (χ1v) is 8.26. The van der Waals surface area contributed by atoms with Crippen LogP contribution in [0.4, 0.5) is 0 Å². The molecule has 1 aromatic heterocycles. The number of rotatable bonds is 5. The minimum atomic E-state index is 0.273. The van der Waals surface area contributed by atoms with Crippen LogP contribution in [0.2, 0.25) is 0 Å². The van der Waals surface area contributed by atoms with Crippen LogP contribution in [-0.4, -0.2) is 47.9 Å². The predicted molar refractivity (Wildman–Crippen MR) is 79.9 cm³/mol. The van der Waals surface area contributed by atoms with Crippen LogP contribution in [0, 0.1) is 5.92 Å². The summed E-state index contributed by atoms with van der Waals surface area (Å²) in [6, 6.07) is 4.74. The number of hydrogen-bond donors (Lipinski definition) is 0. The molecule has 4 heteroatoms. The molecule has 0 aromatic carbocycles. The van der Waals surface area contributed by atoms with Crippen LogP contribution in [0.5, 0.6) is 0 Å². The molecule has 2 aliphatic carbocycles. The van der Waals surface area contributed by atoms with Crippen molar-refractivity contribution in [3.05, 3.63) is 30.1 Å². The van der Waals surface area contributed by atoms with Gasteiger partial charge in [0.1, 0.15) is 0 Å². The molecule has 0 radical (unpaired) electrons. The first kappa shape index (κ1) is 13.7. The smallest absolute Gasteiger partial charge is 0.0991 e. The van der Waals surface area contributed by atoms with Gasteiger partial charge >= 0.3 is 0 Å². The molecule has 4 nitrogen and oxygen atoms in total. The third-order valence-electron chi connectivity index (χ3n) is 5.03. The van der Waals surface area contributed by atoms with Gasteiger partial charge in [-0.3, -0.25) is 9.88 Å². The van der Waals surface area contributed by atoms with Crippen molar-refractivity contribution in [1.82, 2.24) is 9.88 Å². The van der Waals surface area contributed by atoms with Crippen molar-refractivity contribution in [2.45, 2.75) is 50.5 Å². The largest absolute Gasteiger partial charge is 0.374 e. The van der Waals surface area contributed by atoms with Gasteiger partial charge < -0.3 is 9.47 Å². The van der Waals surface area contributed by atoms with Gasteiger partial charge in [-0.05, 0) is 49.3 Å². The van der Waals surface area contributed by atoms with Crippen LogP contribution >= 0.6 is 0 Å². The first-order chi connectivity index (χ1) is 10.4. The van der Waals surface area contributed by atoms with Gasteiger partial charge in [-0.15, -0.1) is 0 Å². The second kappa shape index (κ2) is 6.03. The summed E-state index contributed by atoms with van der Waals surface area (Å²) in [6.07, 6.45) is 9.39. The van der Waals surface area contributed by atoms with E-state index in [1.807, 2.05) is 12.4 Å². The van der Waals surface area contributed by atoms with E-state index in [-0.39, 0.29) is 6.10 Å². The molecule has 1 aromatic rings. The third kappa shape index (κ3) is 3.12. The van der Waals surface area contributed by atoms with Gasteiger partial charge in [-0.2, -0.15) is 0 Å². The Morgan fingerprint density at radius 3 is 2.86 bits per heavy atom. The number of aromatic nitrogens is 1. The van der Waals surface area contributed by atoms with Crippen molar-refractivity contribution < 1.29 is 9.47 Å². The quantitative estimate of drug-likeness (QED) is 0.832. The molecule has 0 N–H and O–H groups in total. The highest BCUT2D eigenvalue weighted by Gasteiger charge is 2.43. The molecular formula is C17H24N2O2. The molecule has 3 aliphatic rings. The highest BCUT2D eigenvalue weighted by atomic mass is 16.5. The van der Waals surface area contributed by atoms with E-state index in [0.717, 1.165) is 38.6 Å². The Kier molecular flexibility index (Phi) is 3.93. The average Bonchev–Trinajstić information content (AvgIpc) is 3.26. The van der Waals surface area contributed by atoms with Crippen molar-refractivity contribution in [3.63, 3.8) is 0 Å². The molecule has 0 unspecified atom stereocenters. The van der Waals surface area contributed by atoms with Crippen LogP contribution < -0.4 is 0 Å². The SMILES string of the molecule is c1cc(CN2CCO[C@H]3CC[C@H]2[C@@H]3OCC2CC2)ccn1. The number of ether oxygens (including phenoxy) is 2. The van der Waals surface area contributed by atoms with Crippen molar-refractivity contribution in [1.29, 1.82) is 0 Å². The lowest BCUT2D eigenvalue weighted by Crippen LogP contribution is -2.43. The predicted octanol–water partition coefficient (Wildman–Crippen LogP) is 2.24. The van der Waals surface area contributed by atoms with Crippen molar-refractivity contribution in [2.75, 3.05) is 19.8 Å². The van der Waals surface area contributed by atoms with Crippen molar-refractivity contribution in [3.8, 4) is 0 Å². The Morgan fingerprint density at radius 1 is 1.19 bits per heavy atom. The van der Waals surface area contributed by atoms with E-state index in [1.165, 1.54) is 24.8 Å². The zero-order valence-corrected chi connectivity index (χ0v) is 12.5. The van der Waals surface area contributed by atoms with E-state index in [0.29, 0.717) is 12.1 Å². The highest BCUT2D eigenvalue weighted by Crippen LogP contribution is 2.35. The number of fused-ring (bicyclic) bond motifs is 2. The summed E-state index contributed by atoms with van der Waals surface area (Å²) in [6.45, 7) is 3.75. The topological polar surface area (TPSA) is 34.6 Å². The molecule has 2 heterocycles. The molecule has 2 bridgehead atoms. The van der Waals surface area contributed by atoms with Gasteiger partial charge in [0.25, 0.3) is 0 Å². The van der Waals surface area contributed by atoms with Gasteiger partial charge in [0, 0.05) is 38.1 Å². The van der Waals surface area contributed by atoms with Crippen LogP contribution in [0.3, 0.4) is 0 Å². The molecule has 3 atom stereocenters. The normalized spacial score (nSPS) is 33.0. The minimum absolute atomic E-state index is 0.273. The molecule has 2 saturated carbocycles. The van der Waals surface area contributed by atoms with Crippen molar-refractivity contribution >= 4 is 0 Å². The summed E-state index contributed by atoms with van der Waals surface area (Å²) < 4.78 is 12.3. The highest BCUT2D eigenvalue weighted by molar-refractivity contribution is 5.10. The van der Waals surface area contributed by atoms with Gasteiger partial charge in [-0.1, -0.05) is 0 Å². The Morgan fingerprint density at radius 2 is 2.05 bits per heavy atom. The van der Waals surface area contributed by atoms with Gasteiger partial charge in [0.15, 0.2) is 0 Å². The molecule has 114 valence electrons. The van der Waals surface area contributed by atoms with Crippen molar-refractivity contribution in [2.24, 2.45) is 5.92 Å². The zero-order chi connectivity index (χ0) is 14.1. The van der Waals surface area contributed by atoms with E-state index in [2.05, 4.69) is 22.0 Å². The number of hydrogen-bond acceptors (Lipinski definition) is 4. The second-order valence-electron chi connectivity index (χ2n) is 6.62. The van der Waals surface area contributed by atoms with Gasteiger partial charge in [0.05, 0.1) is 18.8 Å². The maximum Gasteiger partial charge on any atom is 0.0991 e. The fourth-order valence-electron chi connectivity index (χ4n) is 3.64. The maximum atomic E-state index is 6.26. The zero-order valence-electron chi connectivity index (χ0n) is 12.5. The van der Waals surface area contributed by atoms with E-state index in [1.54, 1.807) is 0 Å². The van der Waals surface area contributed by atoms with Gasteiger partial charge in [-0.25, -0.2) is 0 Å². The molecule has 0 amide bonds. The molecule has 4 rings (SSSR count). The second-order valence-corrected chi connectivity index (χ2v) is 6.62. The lowest BCUT2D eigenvalue weighted by atomic mass is 10.1. The molecule has 0 spiro atoms. The Balaban J connectivity index is 1.45.